The van der Waals surface area contributed by atoms with Gasteiger partial charge in [-0.15, -0.1) is 0 Å². The van der Waals surface area contributed by atoms with E-state index in [1.165, 1.54) is 29.8 Å². The van der Waals surface area contributed by atoms with E-state index >= 15 is 0 Å². The second-order valence-electron chi connectivity index (χ2n) is 5.74. The summed E-state index contributed by atoms with van der Waals surface area (Å²) in [6.45, 7) is 6.11. The van der Waals surface area contributed by atoms with Crippen LogP contribution in [0.3, 0.4) is 0 Å². The lowest BCUT2D eigenvalue weighted by atomic mass is 10.2. The number of hydrogen-bond donors (Lipinski definition) is 1. The van der Waals surface area contributed by atoms with Crippen LogP contribution >= 0.6 is 0 Å². The van der Waals surface area contributed by atoms with Crippen molar-refractivity contribution in [3.05, 3.63) is 53.9 Å². The molecule has 0 spiro atoms. The highest BCUT2D eigenvalue weighted by atomic mass is 15.1. The number of aromatic nitrogens is 1. The topological polar surface area (TPSA) is 28.2 Å². The average Bonchev–Trinajstić information content (AvgIpc) is 3.33. The summed E-state index contributed by atoms with van der Waals surface area (Å²) in [6.07, 6.45) is 4.53. The molecule has 2 aromatic rings. The van der Waals surface area contributed by atoms with Crippen LogP contribution in [0.2, 0.25) is 0 Å². The Bertz CT molecular complexity index is 588. The molecule has 3 heteroatoms. The molecule has 0 aliphatic heterocycles. The fourth-order valence-corrected chi connectivity index (χ4v) is 2.51. The highest BCUT2D eigenvalue weighted by Crippen LogP contribution is 2.26. The second-order valence-corrected chi connectivity index (χ2v) is 5.74. The summed E-state index contributed by atoms with van der Waals surface area (Å²) in [5.74, 6) is 0. The van der Waals surface area contributed by atoms with Crippen molar-refractivity contribution in [2.24, 2.45) is 0 Å². The Kier molecular flexibility index (Phi) is 4.20. The third-order valence-corrected chi connectivity index (χ3v) is 3.92. The van der Waals surface area contributed by atoms with E-state index in [4.69, 9.17) is 0 Å². The number of anilines is 2. The van der Waals surface area contributed by atoms with E-state index in [0.717, 1.165) is 24.8 Å². The molecule has 0 unspecified atom stereocenters. The summed E-state index contributed by atoms with van der Waals surface area (Å²) in [6, 6.07) is 13.7. The number of benzene rings is 1. The summed E-state index contributed by atoms with van der Waals surface area (Å²) in [4.78, 5) is 6.80. The Morgan fingerprint density at radius 1 is 1.14 bits per heavy atom. The van der Waals surface area contributed by atoms with Crippen molar-refractivity contribution in [1.29, 1.82) is 0 Å². The first kappa shape index (κ1) is 14.1. The molecule has 3 rings (SSSR count). The Morgan fingerprint density at radius 2 is 1.90 bits per heavy atom. The number of nitrogens with zero attached hydrogens (tertiary/aromatic N) is 2. The van der Waals surface area contributed by atoms with Crippen LogP contribution in [0.4, 0.5) is 11.4 Å². The molecule has 0 radical (unpaired) electrons. The van der Waals surface area contributed by atoms with Crippen molar-refractivity contribution < 1.29 is 0 Å². The zero-order chi connectivity index (χ0) is 14.7. The van der Waals surface area contributed by atoms with Gasteiger partial charge in [0, 0.05) is 36.7 Å². The van der Waals surface area contributed by atoms with Gasteiger partial charge in [0.2, 0.25) is 0 Å². The minimum atomic E-state index is 0.717. The molecule has 1 aromatic heterocycles. The van der Waals surface area contributed by atoms with Gasteiger partial charge in [0.25, 0.3) is 0 Å². The van der Waals surface area contributed by atoms with E-state index in [0.29, 0.717) is 0 Å². The molecule has 0 saturated heterocycles. The maximum Gasteiger partial charge on any atom is 0.0562 e. The van der Waals surface area contributed by atoms with Gasteiger partial charge in [-0.3, -0.25) is 4.98 Å². The van der Waals surface area contributed by atoms with Crippen LogP contribution in [0.5, 0.6) is 0 Å². The van der Waals surface area contributed by atoms with E-state index in [1.807, 2.05) is 6.20 Å². The van der Waals surface area contributed by atoms with E-state index in [2.05, 4.69) is 65.4 Å². The normalized spacial score (nSPS) is 14.2. The first-order valence-electron chi connectivity index (χ1n) is 7.79. The molecule has 1 aliphatic rings. The Balaban J connectivity index is 1.78. The van der Waals surface area contributed by atoms with Gasteiger partial charge in [-0.1, -0.05) is 17.7 Å². The molecule has 0 atom stereocenters. The zero-order valence-electron chi connectivity index (χ0n) is 12.8. The zero-order valence-corrected chi connectivity index (χ0v) is 12.8. The summed E-state index contributed by atoms with van der Waals surface area (Å²) >= 11 is 0. The van der Waals surface area contributed by atoms with Crippen molar-refractivity contribution in [1.82, 2.24) is 10.3 Å². The van der Waals surface area contributed by atoms with Crippen molar-refractivity contribution >= 4 is 11.4 Å². The molecule has 0 amide bonds. The molecule has 110 valence electrons. The lowest BCUT2D eigenvalue weighted by Gasteiger charge is -2.24. The van der Waals surface area contributed by atoms with Gasteiger partial charge in [-0.05, 0) is 51.0 Å². The lowest BCUT2D eigenvalue weighted by molar-refractivity contribution is 0.674. The summed E-state index contributed by atoms with van der Waals surface area (Å²) < 4.78 is 0. The smallest absolute Gasteiger partial charge is 0.0562 e. The first-order chi connectivity index (χ1) is 10.3. The molecule has 1 N–H and O–H groups in total. The largest absolute Gasteiger partial charge is 0.342 e. The maximum atomic E-state index is 4.47. The molecule has 1 heterocycles. The van der Waals surface area contributed by atoms with Crippen LogP contribution in [-0.2, 0) is 6.54 Å². The van der Waals surface area contributed by atoms with Crippen molar-refractivity contribution in [3.8, 4) is 0 Å². The van der Waals surface area contributed by atoms with Gasteiger partial charge in [0.1, 0.15) is 0 Å². The summed E-state index contributed by atoms with van der Waals surface area (Å²) in [7, 11) is 0. The molecular weight excluding hydrogens is 258 g/mol. The molecule has 0 bridgehead atoms. The van der Waals surface area contributed by atoms with Crippen molar-refractivity contribution in [2.45, 2.75) is 39.3 Å². The monoisotopic (exact) mass is 281 g/mol. The molecular formula is C18H23N3. The van der Waals surface area contributed by atoms with Crippen LogP contribution in [0.25, 0.3) is 0 Å². The highest BCUT2D eigenvalue weighted by molar-refractivity contribution is 5.63. The fourth-order valence-electron chi connectivity index (χ4n) is 2.51. The predicted octanol–water partition coefficient (Wildman–Crippen LogP) is 3.80. The molecule has 21 heavy (non-hydrogen) atoms. The molecule has 1 aromatic carbocycles. The van der Waals surface area contributed by atoms with Gasteiger partial charge < -0.3 is 10.2 Å². The van der Waals surface area contributed by atoms with Crippen LogP contribution in [0.15, 0.2) is 42.6 Å². The van der Waals surface area contributed by atoms with E-state index in [1.54, 1.807) is 0 Å². The number of aryl methyl sites for hydroxylation is 1. The minimum Gasteiger partial charge on any atom is -0.342 e. The molecule has 1 fully saturated rings. The maximum absolute atomic E-state index is 4.47. The van der Waals surface area contributed by atoms with Gasteiger partial charge in [0.15, 0.2) is 0 Å². The number of hydrogen-bond acceptors (Lipinski definition) is 3. The second kappa shape index (κ2) is 6.27. The first-order valence-corrected chi connectivity index (χ1v) is 7.79. The Labute approximate surface area is 127 Å². The minimum absolute atomic E-state index is 0.717. The Hall–Kier alpha value is -1.87. The third kappa shape index (κ3) is 3.61. The van der Waals surface area contributed by atoms with Crippen LogP contribution in [0, 0.1) is 6.92 Å². The van der Waals surface area contributed by atoms with E-state index in [-0.39, 0.29) is 0 Å². The fraction of sp³-hybridized carbons (Fsp3) is 0.389. The molecule has 3 nitrogen and oxygen atoms in total. The predicted molar refractivity (Wildman–Crippen MR) is 88.0 cm³/mol. The average molecular weight is 281 g/mol. The van der Waals surface area contributed by atoms with Crippen molar-refractivity contribution in [2.75, 3.05) is 11.4 Å². The Morgan fingerprint density at radius 3 is 2.57 bits per heavy atom. The van der Waals surface area contributed by atoms with Gasteiger partial charge in [-0.2, -0.15) is 0 Å². The summed E-state index contributed by atoms with van der Waals surface area (Å²) in [5.41, 5.74) is 4.85. The van der Waals surface area contributed by atoms with Gasteiger partial charge >= 0.3 is 0 Å². The third-order valence-electron chi connectivity index (χ3n) is 3.92. The quantitative estimate of drug-likeness (QED) is 0.873. The number of pyridine rings is 1. The lowest BCUT2D eigenvalue weighted by Crippen LogP contribution is -2.19. The standard InChI is InChI=1S/C18H23N3/c1-3-21(17-8-4-14(2)5-9-17)18-10-11-19-16(12-18)13-20-15-6-7-15/h4-5,8-12,15,20H,3,6-7,13H2,1-2H3. The molecule has 1 saturated carbocycles. The van der Waals surface area contributed by atoms with Crippen LogP contribution in [0.1, 0.15) is 31.0 Å². The molecule has 1 aliphatic carbocycles. The van der Waals surface area contributed by atoms with Crippen molar-refractivity contribution in [3.63, 3.8) is 0 Å². The highest BCUT2D eigenvalue weighted by Gasteiger charge is 2.20. The van der Waals surface area contributed by atoms with Crippen LogP contribution in [-0.4, -0.2) is 17.6 Å². The number of rotatable bonds is 6. The SMILES string of the molecule is CCN(c1ccc(C)cc1)c1ccnc(CNC2CC2)c1. The van der Waals surface area contributed by atoms with Gasteiger partial charge in [0.05, 0.1) is 5.69 Å². The summed E-state index contributed by atoms with van der Waals surface area (Å²) in [5, 5.41) is 3.52. The van der Waals surface area contributed by atoms with Gasteiger partial charge in [-0.25, -0.2) is 0 Å². The van der Waals surface area contributed by atoms with E-state index < -0.39 is 0 Å². The van der Waals surface area contributed by atoms with E-state index in [9.17, 15) is 0 Å². The number of nitrogens with one attached hydrogen (secondary N) is 1. The van der Waals surface area contributed by atoms with Crippen LogP contribution < -0.4 is 10.2 Å².